The van der Waals surface area contributed by atoms with Gasteiger partial charge in [-0.15, -0.1) is 0 Å². The number of aromatic nitrogens is 2. The fraction of sp³-hybridized carbons (Fsp3) is 0.333. The standard InChI is InChI=1S/C24H26N2O6/c1-13-15(7-6-8-16(13)23(29)30)22-25-20(32-26-22)12-31-19-10-9-17(21(28)14(19)2)18(27)11-24(3,4)5/h6-10,28H,11-12H2,1-5H3,(H,29,30). The molecule has 0 saturated carbocycles. The van der Waals surface area contributed by atoms with Crippen LogP contribution in [0.25, 0.3) is 11.4 Å². The number of phenolic OH excluding ortho intramolecular Hbond substituents is 1. The number of aromatic carboxylic acids is 1. The Morgan fingerprint density at radius 2 is 1.78 bits per heavy atom. The van der Waals surface area contributed by atoms with Crippen molar-refractivity contribution in [1.29, 1.82) is 0 Å². The lowest BCUT2D eigenvalue weighted by atomic mass is 9.87. The first-order valence-electron chi connectivity index (χ1n) is 10.1. The molecule has 168 valence electrons. The summed E-state index contributed by atoms with van der Waals surface area (Å²) in [6.45, 7) is 9.18. The molecule has 0 atom stereocenters. The molecule has 0 aliphatic carbocycles. The molecule has 32 heavy (non-hydrogen) atoms. The Labute approximate surface area is 185 Å². The van der Waals surface area contributed by atoms with E-state index in [0.29, 0.717) is 28.9 Å². The predicted molar refractivity (Wildman–Crippen MR) is 117 cm³/mol. The monoisotopic (exact) mass is 438 g/mol. The summed E-state index contributed by atoms with van der Waals surface area (Å²) in [4.78, 5) is 28.1. The molecule has 0 radical (unpaired) electrons. The number of carboxylic acid groups (broad SMARTS) is 1. The van der Waals surface area contributed by atoms with Crippen molar-refractivity contribution in [3.8, 4) is 22.9 Å². The van der Waals surface area contributed by atoms with Crippen molar-refractivity contribution in [1.82, 2.24) is 10.1 Å². The Kier molecular flexibility index (Phi) is 6.34. The zero-order chi connectivity index (χ0) is 23.6. The van der Waals surface area contributed by atoms with Gasteiger partial charge in [0.25, 0.3) is 5.89 Å². The zero-order valence-electron chi connectivity index (χ0n) is 18.7. The second-order valence-electron chi connectivity index (χ2n) is 8.83. The summed E-state index contributed by atoms with van der Waals surface area (Å²) in [7, 11) is 0. The van der Waals surface area contributed by atoms with Crippen LogP contribution in [0, 0.1) is 19.3 Å². The summed E-state index contributed by atoms with van der Waals surface area (Å²) in [5.74, 6) is -0.442. The maximum atomic E-state index is 12.5. The van der Waals surface area contributed by atoms with Gasteiger partial charge >= 0.3 is 5.97 Å². The largest absolute Gasteiger partial charge is 0.507 e. The molecule has 1 heterocycles. The fourth-order valence-electron chi connectivity index (χ4n) is 3.31. The van der Waals surface area contributed by atoms with E-state index in [1.165, 1.54) is 6.07 Å². The summed E-state index contributed by atoms with van der Waals surface area (Å²) in [5.41, 5.74) is 1.76. The molecular weight excluding hydrogens is 412 g/mol. The van der Waals surface area contributed by atoms with Crippen LogP contribution >= 0.6 is 0 Å². The topological polar surface area (TPSA) is 123 Å². The first-order valence-corrected chi connectivity index (χ1v) is 10.1. The number of hydrogen-bond donors (Lipinski definition) is 2. The van der Waals surface area contributed by atoms with Gasteiger partial charge in [-0.25, -0.2) is 4.79 Å². The second kappa shape index (κ2) is 8.82. The number of phenols is 1. The lowest BCUT2D eigenvalue weighted by Crippen LogP contribution is -2.13. The van der Waals surface area contributed by atoms with Crippen LogP contribution in [-0.2, 0) is 6.61 Å². The molecule has 0 bridgehead atoms. The third kappa shape index (κ3) is 4.96. The molecule has 0 aliphatic heterocycles. The molecule has 0 amide bonds. The number of aromatic hydroxyl groups is 1. The Morgan fingerprint density at radius 3 is 2.44 bits per heavy atom. The minimum absolute atomic E-state index is 0.0553. The molecule has 0 fully saturated rings. The second-order valence-corrected chi connectivity index (χ2v) is 8.83. The summed E-state index contributed by atoms with van der Waals surface area (Å²) in [5, 5.41) is 23.7. The first-order chi connectivity index (χ1) is 15.0. The van der Waals surface area contributed by atoms with E-state index in [2.05, 4.69) is 10.1 Å². The number of ether oxygens (including phenoxy) is 1. The lowest BCUT2D eigenvalue weighted by molar-refractivity contribution is 0.0695. The van der Waals surface area contributed by atoms with E-state index in [1.54, 1.807) is 38.1 Å². The highest BCUT2D eigenvalue weighted by atomic mass is 16.5. The SMILES string of the molecule is Cc1c(C(=O)O)cccc1-c1noc(COc2ccc(C(=O)CC(C)(C)C)c(O)c2C)n1. The third-order valence-electron chi connectivity index (χ3n) is 5.00. The van der Waals surface area contributed by atoms with Gasteiger partial charge in [-0.05, 0) is 43.0 Å². The first kappa shape index (κ1) is 23.0. The maximum Gasteiger partial charge on any atom is 0.335 e. The number of nitrogens with zero attached hydrogens (tertiary/aromatic N) is 2. The Bertz CT molecular complexity index is 1170. The number of rotatable bonds is 7. The van der Waals surface area contributed by atoms with Gasteiger partial charge in [0.1, 0.15) is 11.5 Å². The molecule has 0 spiro atoms. The minimum Gasteiger partial charge on any atom is -0.507 e. The zero-order valence-corrected chi connectivity index (χ0v) is 18.7. The highest BCUT2D eigenvalue weighted by Gasteiger charge is 2.22. The number of Topliss-reactive ketones (excluding diaryl/α,β-unsaturated/α-hetero) is 1. The molecule has 0 aliphatic rings. The van der Waals surface area contributed by atoms with E-state index < -0.39 is 5.97 Å². The van der Waals surface area contributed by atoms with Crippen molar-refractivity contribution in [2.45, 2.75) is 47.6 Å². The van der Waals surface area contributed by atoms with Crippen LogP contribution in [-0.4, -0.2) is 32.1 Å². The Balaban J connectivity index is 1.76. The van der Waals surface area contributed by atoms with E-state index in [4.69, 9.17) is 9.26 Å². The van der Waals surface area contributed by atoms with Crippen LogP contribution in [0.4, 0.5) is 0 Å². The van der Waals surface area contributed by atoms with Gasteiger partial charge in [-0.3, -0.25) is 4.79 Å². The van der Waals surface area contributed by atoms with E-state index >= 15 is 0 Å². The van der Waals surface area contributed by atoms with Crippen LogP contribution < -0.4 is 4.74 Å². The van der Waals surface area contributed by atoms with E-state index in [9.17, 15) is 19.8 Å². The molecule has 2 N–H and O–H groups in total. The minimum atomic E-state index is -1.03. The normalized spacial score (nSPS) is 11.4. The highest BCUT2D eigenvalue weighted by Crippen LogP contribution is 2.33. The van der Waals surface area contributed by atoms with Crippen molar-refractivity contribution in [3.63, 3.8) is 0 Å². The van der Waals surface area contributed by atoms with Gasteiger partial charge in [0.05, 0.1) is 11.1 Å². The number of ketones is 1. The van der Waals surface area contributed by atoms with Gasteiger partial charge in [0.2, 0.25) is 5.82 Å². The van der Waals surface area contributed by atoms with Gasteiger partial charge < -0.3 is 19.5 Å². The quantitative estimate of drug-likeness (QED) is 0.497. The van der Waals surface area contributed by atoms with Crippen LogP contribution in [0.2, 0.25) is 0 Å². The molecule has 2 aromatic carbocycles. The molecule has 1 aromatic heterocycles. The average molecular weight is 438 g/mol. The molecule has 8 nitrogen and oxygen atoms in total. The Hall–Kier alpha value is -3.68. The van der Waals surface area contributed by atoms with Crippen LogP contribution in [0.1, 0.15) is 64.9 Å². The number of carbonyl (C=O) groups excluding carboxylic acids is 1. The van der Waals surface area contributed by atoms with Crippen molar-refractivity contribution in [2.24, 2.45) is 5.41 Å². The van der Waals surface area contributed by atoms with E-state index in [1.807, 2.05) is 20.8 Å². The number of hydrogen-bond acceptors (Lipinski definition) is 7. The average Bonchev–Trinajstić information content (AvgIpc) is 3.16. The van der Waals surface area contributed by atoms with Crippen LogP contribution in [0.15, 0.2) is 34.9 Å². The fourth-order valence-corrected chi connectivity index (χ4v) is 3.31. The predicted octanol–water partition coefficient (Wildman–Crippen LogP) is 4.96. The maximum absolute atomic E-state index is 12.5. The molecule has 0 saturated heterocycles. The third-order valence-corrected chi connectivity index (χ3v) is 5.00. The van der Waals surface area contributed by atoms with Crippen LogP contribution in [0.3, 0.4) is 0 Å². The molecule has 3 rings (SSSR count). The number of carbonyl (C=O) groups is 2. The smallest absolute Gasteiger partial charge is 0.335 e. The summed E-state index contributed by atoms with van der Waals surface area (Å²) >= 11 is 0. The van der Waals surface area contributed by atoms with Gasteiger partial charge in [0.15, 0.2) is 12.4 Å². The number of benzene rings is 2. The van der Waals surface area contributed by atoms with E-state index in [0.717, 1.165) is 0 Å². The van der Waals surface area contributed by atoms with E-state index in [-0.39, 0.29) is 46.4 Å². The van der Waals surface area contributed by atoms with Crippen LogP contribution in [0.5, 0.6) is 11.5 Å². The molecule has 3 aromatic rings. The molecule has 8 heteroatoms. The lowest BCUT2D eigenvalue weighted by Gasteiger charge is -2.18. The van der Waals surface area contributed by atoms with Gasteiger partial charge in [-0.1, -0.05) is 38.1 Å². The van der Waals surface area contributed by atoms with Crippen molar-refractivity contribution < 1.29 is 29.1 Å². The summed E-state index contributed by atoms with van der Waals surface area (Å²) in [6.07, 6.45) is 0.313. The molecular formula is C24H26N2O6. The number of carboxylic acids is 1. The summed E-state index contributed by atoms with van der Waals surface area (Å²) in [6, 6.07) is 8.02. The van der Waals surface area contributed by atoms with Crippen molar-refractivity contribution in [2.75, 3.05) is 0 Å². The van der Waals surface area contributed by atoms with Gasteiger partial charge in [0, 0.05) is 17.5 Å². The highest BCUT2D eigenvalue weighted by molar-refractivity contribution is 5.99. The van der Waals surface area contributed by atoms with Crippen molar-refractivity contribution in [3.05, 3.63) is 58.5 Å². The Morgan fingerprint density at radius 1 is 1.06 bits per heavy atom. The summed E-state index contributed by atoms with van der Waals surface area (Å²) < 4.78 is 11.0. The van der Waals surface area contributed by atoms with Gasteiger partial charge in [-0.2, -0.15) is 4.98 Å². The van der Waals surface area contributed by atoms with Crippen molar-refractivity contribution >= 4 is 11.8 Å². The molecule has 0 unspecified atom stereocenters.